The standard InChI is InChI=1S/C10H14N2O3.C2H2O4/c1-11(2)7-8-15-10-6-4-3-5-9(10)12(13)14;3-1(4)2(5)6/h3-6H,7-8H2,1-2H3;(H,3,4)(H,5,6). The number of para-hydroxylation sites is 2. The van der Waals surface area contributed by atoms with Crippen molar-refractivity contribution in [2.24, 2.45) is 0 Å². The van der Waals surface area contributed by atoms with Gasteiger partial charge in [0.15, 0.2) is 5.75 Å². The molecule has 0 saturated carbocycles. The zero-order valence-electron chi connectivity index (χ0n) is 11.6. The Morgan fingerprint density at radius 3 is 2.19 bits per heavy atom. The van der Waals surface area contributed by atoms with Crippen LogP contribution in [0.5, 0.6) is 5.75 Å². The van der Waals surface area contributed by atoms with Crippen molar-refractivity contribution in [1.29, 1.82) is 0 Å². The van der Waals surface area contributed by atoms with Crippen LogP contribution in [0.25, 0.3) is 0 Å². The van der Waals surface area contributed by atoms with Crippen LogP contribution < -0.4 is 4.74 Å². The number of nitro benzene ring substituents is 1. The average molecular weight is 300 g/mol. The second-order valence-corrected chi connectivity index (χ2v) is 3.99. The number of ether oxygens (including phenoxy) is 1. The molecular weight excluding hydrogens is 284 g/mol. The Bertz CT molecular complexity index is 490. The van der Waals surface area contributed by atoms with Gasteiger partial charge in [0.25, 0.3) is 0 Å². The highest BCUT2D eigenvalue weighted by Gasteiger charge is 2.12. The molecule has 0 unspecified atom stereocenters. The van der Waals surface area contributed by atoms with E-state index < -0.39 is 16.9 Å². The van der Waals surface area contributed by atoms with Crippen molar-refractivity contribution in [3.05, 3.63) is 34.4 Å². The van der Waals surface area contributed by atoms with Crippen LogP contribution in [0.4, 0.5) is 5.69 Å². The summed E-state index contributed by atoms with van der Waals surface area (Å²) in [6.07, 6.45) is 0. The van der Waals surface area contributed by atoms with Gasteiger partial charge in [-0.25, -0.2) is 9.59 Å². The molecule has 0 fully saturated rings. The third kappa shape index (κ3) is 8.16. The lowest BCUT2D eigenvalue weighted by atomic mass is 10.3. The highest BCUT2D eigenvalue weighted by Crippen LogP contribution is 2.25. The fourth-order valence-corrected chi connectivity index (χ4v) is 1.07. The first-order chi connectivity index (χ1) is 9.75. The Kier molecular flexibility index (Phi) is 8.08. The molecule has 0 aliphatic carbocycles. The van der Waals surface area contributed by atoms with Crippen molar-refractivity contribution in [2.45, 2.75) is 0 Å². The van der Waals surface area contributed by atoms with Crippen molar-refractivity contribution in [3.63, 3.8) is 0 Å². The molecule has 0 atom stereocenters. The highest BCUT2D eigenvalue weighted by molar-refractivity contribution is 6.27. The zero-order chi connectivity index (χ0) is 16.4. The number of benzene rings is 1. The molecule has 1 aromatic rings. The number of nitro groups is 1. The van der Waals surface area contributed by atoms with Crippen molar-refractivity contribution < 1.29 is 29.5 Å². The summed E-state index contributed by atoms with van der Waals surface area (Å²) in [5.41, 5.74) is 0.0104. The van der Waals surface area contributed by atoms with E-state index in [-0.39, 0.29) is 5.69 Å². The zero-order valence-corrected chi connectivity index (χ0v) is 11.6. The molecule has 0 saturated heterocycles. The highest BCUT2D eigenvalue weighted by atomic mass is 16.6. The average Bonchev–Trinajstić information content (AvgIpc) is 2.39. The summed E-state index contributed by atoms with van der Waals surface area (Å²) in [4.78, 5) is 30.3. The van der Waals surface area contributed by atoms with Crippen LogP contribution in [-0.2, 0) is 9.59 Å². The summed E-state index contributed by atoms with van der Waals surface area (Å²) >= 11 is 0. The summed E-state index contributed by atoms with van der Waals surface area (Å²) in [7, 11) is 3.84. The lowest BCUT2D eigenvalue weighted by Crippen LogP contribution is -2.19. The number of carboxylic acid groups (broad SMARTS) is 2. The van der Waals surface area contributed by atoms with E-state index in [1.54, 1.807) is 18.2 Å². The van der Waals surface area contributed by atoms with E-state index in [1.165, 1.54) is 6.07 Å². The lowest BCUT2D eigenvalue weighted by Gasteiger charge is -2.10. The topological polar surface area (TPSA) is 130 Å². The molecule has 0 amide bonds. The molecule has 9 nitrogen and oxygen atoms in total. The minimum Gasteiger partial charge on any atom is -0.485 e. The van der Waals surface area contributed by atoms with Crippen LogP contribution in [0.1, 0.15) is 0 Å². The molecule has 0 aromatic heterocycles. The Morgan fingerprint density at radius 1 is 1.24 bits per heavy atom. The Labute approximate surface area is 120 Å². The number of rotatable bonds is 5. The number of nitrogens with zero attached hydrogens (tertiary/aromatic N) is 2. The van der Waals surface area contributed by atoms with Gasteiger partial charge in [-0.1, -0.05) is 12.1 Å². The van der Waals surface area contributed by atoms with Gasteiger partial charge >= 0.3 is 17.6 Å². The van der Waals surface area contributed by atoms with E-state index >= 15 is 0 Å². The summed E-state index contributed by atoms with van der Waals surface area (Å²) in [5.74, 6) is -3.32. The van der Waals surface area contributed by atoms with Crippen LogP contribution in [-0.4, -0.2) is 59.2 Å². The van der Waals surface area contributed by atoms with Gasteiger partial charge in [0.05, 0.1) is 4.92 Å². The van der Waals surface area contributed by atoms with Gasteiger partial charge in [0.2, 0.25) is 0 Å². The van der Waals surface area contributed by atoms with E-state index in [0.29, 0.717) is 12.4 Å². The maximum atomic E-state index is 10.6. The van der Waals surface area contributed by atoms with Crippen molar-refractivity contribution >= 4 is 17.6 Å². The van der Waals surface area contributed by atoms with Crippen molar-refractivity contribution in [3.8, 4) is 5.75 Å². The largest absolute Gasteiger partial charge is 0.485 e. The van der Waals surface area contributed by atoms with Gasteiger partial charge < -0.3 is 19.8 Å². The van der Waals surface area contributed by atoms with E-state index in [1.807, 2.05) is 19.0 Å². The number of hydrogen-bond acceptors (Lipinski definition) is 6. The van der Waals surface area contributed by atoms with Crippen LogP contribution in [0.2, 0.25) is 0 Å². The Hall–Kier alpha value is -2.68. The van der Waals surface area contributed by atoms with Crippen LogP contribution in [0.3, 0.4) is 0 Å². The SMILES string of the molecule is CN(C)CCOc1ccccc1[N+](=O)[O-].O=C(O)C(=O)O. The third-order valence-corrected chi connectivity index (χ3v) is 2.04. The monoisotopic (exact) mass is 300 g/mol. The smallest absolute Gasteiger partial charge is 0.414 e. The van der Waals surface area contributed by atoms with Crippen molar-refractivity contribution in [1.82, 2.24) is 4.90 Å². The first kappa shape index (κ1) is 18.3. The Morgan fingerprint density at radius 2 is 1.76 bits per heavy atom. The van der Waals surface area contributed by atoms with Gasteiger partial charge in [-0.3, -0.25) is 10.1 Å². The molecule has 1 rings (SSSR count). The van der Waals surface area contributed by atoms with Gasteiger partial charge in [-0.15, -0.1) is 0 Å². The molecule has 0 bridgehead atoms. The minimum absolute atomic E-state index is 0.0104. The third-order valence-electron chi connectivity index (χ3n) is 2.04. The Balaban J connectivity index is 0.000000567. The summed E-state index contributed by atoms with van der Waals surface area (Å²) < 4.78 is 5.33. The lowest BCUT2D eigenvalue weighted by molar-refractivity contribution is -0.385. The van der Waals surface area contributed by atoms with E-state index in [4.69, 9.17) is 24.5 Å². The summed E-state index contributed by atoms with van der Waals surface area (Å²) in [5, 5.41) is 25.4. The molecule has 9 heteroatoms. The maximum absolute atomic E-state index is 10.6. The number of carbonyl (C=O) groups is 2. The number of likely N-dealkylation sites (N-methyl/N-ethyl adjacent to an activating group) is 1. The van der Waals surface area contributed by atoms with Gasteiger partial charge in [0.1, 0.15) is 6.61 Å². The normalized spacial score (nSPS) is 9.48. The first-order valence-corrected chi connectivity index (χ1v) is 5.73. The second-order valence-electron chi connectivity index (χ2n) is 3.99. The molecule has 0 radical (unpaired) electrons. The van der Waals surface area contributed by atoms with Crippen LogP contribution >= 0.6 is 0 Å². The predicted octanol–water partition coefficient (Wildman–Crippen LogP) is 0.691. The van der Waals surface area contributed by atoms with E-state index in [0.717, 1.165) is 6.54 Å². The fraction of sp³-hybridized carbons (Fsp3) is 0.333. The van der Waals surface area contributed by atoms with Crippen LogP contribution in [0.15, 0.2) is 24.3 Å². The minimum atomic E-state index is -1.82. The summed E-state index contributed by atoms with van der Waals surface area (Å²) in [6, 6.07) is 6.38. The van der Waals surface area contributed by atoms with Crippen LogP contribution in [0, 0.1) is 10.1 Å². The molecule has 116 valence electrons. The van der Waals surface area contributed by atoms with E-state index in [9.17, 15) is 10.1 Å². The number of aliphatic carboxylic acids is 2. The summed E-state index contributed by atoms with van der Waals surface area (Å²) in [6.45, 7) is 1.17. The second kappa shape index (κ2) is 9.26. The van der Waals surface area contributed by atoms with Gasteiger partial charge in [-0.05, 0) is 20.2 Å². The molecule has 1 aromatic carbocycles. The first-order valence-electron chi connectivity index (χ1n) is 5.73. The molecule has 0 aliphatic rings. The number of hydrogen-bond donors (Lipinski definition) is 2. The predicted molar refractivity (Wildman–Crippen MR) is 72.4 cm³/mol. The molecular formula is C12H16N2O7. The van der Waals surface area contributed by atoms with Gasteiger partial charge in [0, 0.05) is 12.6 Å². The number of carboxylic acids is 2. The van der Waals surface area contributed by atoms with Crippen molar-refractivity contribution in [2.75, 3.05) is 27.2 Å². The molecule has 21 heavy (non-hydrogen) atoms. The molecule has 2 N–H and O–H groups in total. The quantitative estimate of drug-likeness (QED) is 0.461. The molecule has 0 heterocycles. The fourth-order valence-electron chi connectivity index (χ4n) is 1.07. The molecule has 0 aliphatic heterocycles. The van der Waals surface area contributed by atoms with Gasteiger partial charge in [-0.2, -0.15) is 0 Å². The maximum Gasteiger partial charge on any atom is 0.414 e. The van der Waals surface area contributed by atoms with E-state index in [2.05, 4.69) is 0 Å². The molecule has 0 spiro atoms.